The van der Waals surface area contributed by atoms with E-state index in [2.05, 4.69) is 14.5 Å². The number of rotatable bonds is 5. The minimum Gasteiger partial charge on any atom is -0.466 e. The Kier molecular flexibility index (Phi) is 6.09. The largest absolute Gasteiger partial charge is 0.574 e. The van der Waals surface area contributed by atoms with E-state index in [1.165, 1.54) is 6.92 Å². The van der Waals surface area contributed by atoms with Crippen LogP contribution < -0.4 is 4.74 Å². The topological polar surface area (TPSA) is 48.4 Å². The van der Waals surface area contributed by atoms with Gasteiger partial charge in [0.2, 0.25) is 5.88 Å². The Hall–Kier alpha value is -1.71. The van der Waals surface area contributed by atoms with Crippen molar-refractivity contribution in [2.45, 2.75) is 31.8 Å². The molecule has 130 valence electrons. The van der Waals surface area contributed by atoms with Crippen LogP contribution in [0.2, 0.25) is 0 Å². The molecule has 4 nitrogen and oxygen atoms in total. The zero-order chi connectivity index (χ0) is 17.8. The molecule has 1 aromatic rings. The van der Waals surface area contributed by atoms with E-state index in [0.29, 0.717) is 6.07 Å². The van der Waals surface area contributed by atoms with Gasteiger partial charge in [-0.25, -0.2) is 4.98 Å². The fourth-order valence-electron chi connectivity index (χ4n) is 1.63. The lowest BCUT2D eigenvalue weighted by molar-refractivity contribution is -0.276. The van der Waals surface area contributed by atoms with Crippen molar-refractivity contribution in [3.63, 3.8) is 0 Å². The molecular formula is C12H10ClF6NO3. The zero-order valence-electron chi connectivity index (χ0n) is 11.5. The van der Waals surface area contributed by atoms with Gasteiger partial charge < -0.3 is 9.47 Å². The third-order valence-corrected chi connectivity index (χ3v) is 2.69. The molecule has 1 aromatic heterocycles. The van der Waals surface area contributed by atoms with Gasteiger partial charge >= 0.3 is 18.5 Å². The predicted molar refractivity (Wildman–Crippen MR) is 65.8 cm³/mol. The number of carbonyl (C=O) groups excluding carboxylic acids is 1. The van der Waals surface area contributed by atoms with Crippen LogP contribution >= 0.6 is 11.6 Å². The molecule has 1 rings (SSSR count). The van der Waals surface area contributed by atoms with Crippen LogP contribution in [0.25, 0.3) is 0 Å². The Morgan fingerprint density at radius 3 is 2.30 bits per heavy atom. The highest BCUT2D eigenvalue weighted by Crippen LogP contribution is 2.38. The maximum Gasteiger partial charge on any atom is 0.574 e. The lowest BCUT2D eigenvalue weighted by atomic mass is 10.1. The Bertz CT molecular complexity index is 573. The van der Waals surface area contributed by atoms with Gasteiger partial charge in [0.1, 0.15) is 0 Å². The molecule has 0 atom stereocenters. The highest BCUT2D eigenvalue weighted by atomic mass is 35.5. The van der Waals surface area contributed by atoms with Gasteiger partial charge in [-0.05, 0) is 13.0 Å². The first kappa shape index (κ1) is 19.3. The molecule has 0 aliphatic carbocycles. The highest BCUT2D eigenvalue weighted by Gasteiger charge is 2.39. The molecule has 0 aromatic carbocycles. The molecular weight excluding hydrogens is 356 g/mol. The second-order valence-electron chi connectivity index (χ2n) is 4.11. The van der Waals surface area contributed by atoms with Crippen LogP contribution in [0.5, 0.6) is 5.88 Å². The molecule has 0 fully saturated rings. The zero-order valence-corrected chi connectivity index (χ0v) is 12.3. The molecule has 0 N–H and O–H groups in total. The molecule has 0 aliphatic heterocycles. The molecule has 0 aliphatic rings. The van der Waals surface area contributed by atoms with Crippen molar-refractivity contribution < 1.29 is 40.6 Å². The summed E-state index contributed by atoms with van der Waals surface area (Å²) < 4.78 is 83.9. The highest BCUT2D eigenvalue weighted by molar-refractivity contribution is 6.17. The van der Waals surface area contributed by atoms with E-state index in [-0.39, 0.29) is 6.61 Å². The van der Waals surface area contributed by atoms with Gasteiger partial charge in [-0.1, -0.05) is 0 Å². The SMILES string of the molecule is CCOC(=O)Cc1cc(C(F)(F)F)c(CCl)c(OC(F)(F)F)n1. The minimum absolute atomic E-state index is 0.0450. The molecule has 0 bridgehead atoms. The number of aromatic nitrogens is 1. The Balaban J connectivity index is 3.38. The quantitative estimate of drug-likeness (QED) is 0.452. The number of carbonyl (C=O) groups is 1. The first-order valence-electron chi connectivity index (χ1n) is 6.05. The maximum atomic E-state index is 13.0. The fourth-order valence-corrected chi connectivity index (χ4v) is 1.88. The molecule has 0 saturated heterocycles. The first-order valence-corrected chi connectivity index (χ1v) is 6.58. The van der Waals surface area contributed by atoms with E-state index in [4.69, 9.17) is 11.6 Å². The minimum atomic E-state index is -5.26. The smallest absolute Gasteiger partial charge is 0.466 e. The molecule has 11 heteroatoms. The number of nitrogens with zero attached hydrogens (tertiary/aromatic N) is 1. The summed E-state index contributed by atoms with van der Waals surface area (Å²) in [6, 6.07) is 0.442. The normalized spacial score (nSPS) is 12.2. The van der Waals surface area contributed by atoms with Crippen molar-refractivity contribution in [3.05, 3.63) is 22.9 Å². The van der Waals surface area contributed by atoms with Crippen LogP contribution in [0.15, 0.2) is 6.07 Å². The van der Waals surface area contributed by atoms with E-state index < -0.39 is 53.5 Å². The van der Waals surface area contributed by atoms with Gasteiger partial charge in [-0.15, -0.1) is 24.8 Å². The van der Waals surface area contributed by atoms with Crippen molar-refractivity contribution in [1.29, 1.82) is 0 Å². The van der Waals surface area contributed by atoms with Gasteiger partial charge in [-0.2, -0.15) is 13.2 Å². The summed E-state index contributed by atoms with van der Waals surface area (Å²) in [4.78, 5) is 14.6. The Morgan fingerprint density at radius 2 is 1.87 bits per heavy atom. The van der Waals surface area contributed by atoms with Gasteiger partial charge in [0.05, 0.1) is 30.2 Å². The fraction of sp³-hybridized carbons (Fsp3) is 0.500. The standard InChI is InChI=1S/C12H10ClF6NO3/c1-2-22-9(21)4-6-3-8(11(14,15)16)7(5-13)10(20-6)23-12(17,18)19/h3H,2,4-5H2,1H3. The molecule has 0 radical (unpaired) electrons. The summed E-state index contributed by atoms with van der Waals surface area (Å²) in [6.45, 7) is 1.41. The third kappa shape index (κ3) is 5.77. The van der Waals surface area contributed by atoms with Crippen molar-refractivity contribution in [1.82, 2.24) is 4.98 Å². The lowest BCUT2D eigenvalue weighted by Gasteiger charge is -2.17. The van der Waals surface area contributed by atoms with Crippen molar-refractivity contribution in [2.75, 3.05) is 6.61 Å². The van der Waals surface area contributed by atoms with Crippen LogP contribution in [0.3, 0.4) is 0 Å². The van der Waals surface area contributed by atoms with E-state index in [1.807, 2.05) is 0 Å². The number of pyridine rings is 1. The molecule has 1 heterocycles. The summed E-state index contributed by atoms with van der Waals surface area (Å²) in [6.07, 6.45) is -11.0. The van der Waals surface area contributed by atoms with Crippen molar-refractivity contribution >= 4 is 17.6 Å². The Morgan fingerprint density at radius 1 is 1.26 bits per heavy atom. The van der Waals surface area contributed by atoms with E-state index >= 15 is 0 Å². The van der Waals surface area contributed by atoms with Gasteiger partial charge in [0.25, 0.3) is 0 Å². The van der Waals surface area contributed by atoms with Gasteiger partial charge in [0.15, 0.2) is 0 Å². The van der Waals surface area contributed by atoms with E-state index in [1.54, 1.807) is 0 Å². The molecule has 0 spiro atoms. The van der Waals surface area contributed by atoms with Crippen LogP contribution in [0.4, 0.5) is 26.3 Å². The lowest BCUT2D eigenvalue weighted by Crippen LogP contribution is -2.22. The van der Waals surface area contributed by atoms with Gasteiger partial charge in [-0.3, -0.25) is 4.79 Å². The number of hydrogen-bond acceptors (Lipinski definition) is 4. The van der Waals surface area contributed by atoms with Crippen molar-refractivity contribution in [2.24, 2.45) is 0 Å². The summed E-state index contributed by atoms with van der Waals surface area (Å²) in [5.41, 5.74) is -3.01. The number of ether oxygens (including phenoxy) is 2. The maximum absolute atomic E-state index is 13.0. The molecule has 0 saturated carbocycles. The summed E-state index contributed by atoms with van der Waals surface area (Å²) in [5, 5.41) is 0. The third-order valence-electron chi connectivity index (χ3n) is 2.42. The number of alkyl halides is 7. The summed E-state index contributed by atoms with van der Waals surface area (Å²) >= 11 is 5.30. The predicted octanol–water partition coefficient (Wildman–Crippen LogP) is 3.84. The van der Waals surface area contributed by atoms with E-state index in [9.17, 15) is 31.1 Å². The van der Waals surface area contributed by atoms with Crippen molar-refractivity contribution in [3.8, 4) is 5.88 Å². The molecule has 0 unspecified atom stereocenters. The second-order valence-corrected chi connectivity index (χ2v) is 4.37. The Labute approximate surface area is 131 Å². The monoisotopic (exact) mass is 365 g/mol. The molecule has 23 heavy (non-hydrogen) atoms. The van der Waals surface area contributed by atoms with Crippen LogP contribution in [0, 0.1) is 0 Å². The number of esters is 1. The molecule has 0 amide bonds. The second kappa shape index (κ2) is 7.24. The number of halogens is 7. The first-order chi connectivity index (χ1) is 10.5. The number of hydrogen-bond donors (Lipinski definition) is 0. The summed E-state index contributed by atoms with van der Waals surface area (Å²) in [7, 11) is 0. The van der Waals surface area contributed by atoms with Crippen LogP contribution in [-0.4, -0.2) is 23.9 Å². The van der Waals surface area contributed by atoms with Gasteiger partial charge in [0, 0.05) is 5.56 Å². The van der Waals surface area contributed by atoms with Crippen LogP contribution in [-0.2, 0) is 28.0 Å². The summed E-state index contributed by atoms with van der Waals surface area (Å²) in [5.74, 6) is -3.20. The average Bonchev–Trinajstić information content (AvgIpc) is 2.35. The van der Waals surface area contributed by atoms with Crippen LogP contribution in [0.1, 0.15) is 23.7 Å². The average molecular weight is 366 g/mol. The van der Waals surface area contributed by atoms with E-state index in [0.717, 1.165) is 0 Å².